The van der Waals surface area contributed by atoms with E-state index in [0.717, 1.165) is 23.2 Å². The zero-order valence-electron chi connectivity index (χ0n) is 18.7. The predicted octanol–water partition coefficient (Wildman–Crippen LogP) is 3.22. The van der Waals surface area contributed by atoms with E-state index >= 15 is 0 Å². The Hall–Kier alpha value is -3.44. The van der Waals surface area contributed by atoms with Gasteiger partial charge in [0.2, 0.25) is 11.8 Å². The lowest BCUT2D eigenvalue weighted by molar-refractivity contribution is -0.129. The molecule has 2 N–H and O–H groups in total. The standard InChI is InChI=1S/C27H31N3O2/c1-30(2)19-18-28-26(31)24(20-21-12-6-3-7-13-21)29-27(32)25(22-14-8-4-9-15-22)23-16-10-5-11-17-23/h3-17,24-25H,18-20H2,1-2H3,(H,28,31)(H,29,32)/t24-/m0/s1. The molecule has 0 spiro atoms. The zero-order valence-corrected chi connectivity index (χ0v) is 18.7. The van der Waals surface area contributed by atoms with Crippen LogP contribution in [0.25, 0.3) is 0 Å². The van der Waals surface area contributed by atoms with Crippen molar-refractivity contribution in [2.45, 2.75) is 18.4 Å². The summed E-state index contributed by atoms with van der Waals surface area (Å²) in [5, 5.41) is 6.00. The van der Waals surface area contributed by atoms with Crippen molar-refractivity contribution in [1.29, 1.82) is 0 Å². The summed E-state index contributed by atoms with van der Waals surface area (Å²) in [5.41, 5.74) is 2.78. The molecular weight excluding hydrogens is 398 g/mol. The normalized spacial score (nSPS) is 11.9. The number of benzene rings is 3. The number of carbonyl (C=O) groups is 2. The highest BCUT2D eigenvalue weighted by atomic mass is 16.2. The fraction of sp³-hybridized carbons (Fsp3) is 0.259. The molecule has 0 aromatic heterocycles. The number of carbonyl (C=O) groups excluding carboxylic acids is 2. The van der Waals surface area contributed by atoms with Gasteiger partial charge in [-0.3, -0.25) is 9.59 Å². The monoisotopic (exact) mass is 429 g/mol. The fourth-order valence-electron chi connectivity index (χ4n) is 3.63. The van der Waals surface area contributed by atoms with Crippen molar-refractivity contribution in [3.63, 3.8) is 0 Å². The maximum atomic E-state index is 13.5. The molecule has 3 rings (SSSR count). The van der Waals surface area contributed by atoms with Crippen molar-refractivity contribution in [2.24, 2.45) is 0 Å². The first-order valence-corrected chi connectivity index (χ1v) is 10.9. The minimum atomic E-state index is -0.665. The molecule has 32 heavy (non-hydrogen) atoms. The second kappa shape index (κ2) is 11.8. The minimum Gasteiger partial charge on any atom is -0.353 e. The summed E-state index contributed by atoms with van der Waals surface area (Å²) >= 11 is 0. The highest BCUT2D eigenvalue weighted by Crippen LogP contribution is 2.25. The van der Waals surface area contributed by atoms with E-state index in [-0.39, 0.29) is 11.8 Å². The molecule has 2 amide bonds. The van der Waals surface area contributed by atoms with E-state index in [1.807, 2.05) is 110 Å². The predicted molar refractivity (Wildman–Crippen MR) is 128 cm³/mol. The van der Waals surface area contributed by atoms with Gasteiger partial charge in [0.05, 0.1) is 5.92 Å². The Morgan fingerprint density at radius 2 is 1.25 bits per heavy atom. The van der Waals surface area contributed by atoms with Gasteiger partial charge in [-0.05, 0) is 30.8 Å². The van der Waals surface area contributed by atoms with Crippen molar-refractivity contribution < 1.29 is 9.59 Å². The van der Waals surface area contributed by atoms with Crippen molar-refractivity contribution in [3.8, 4) is 0 Å². The van der Waals surface area contributed by atoms with Crippen LogP contribution in [0.4, 0.5) is 0 Å². The van der Waals surface area contributed by atoms with Gasteiger partial charge in [0.15, 0.2) is 0 Å². The van der Waals surface area contributed by atoms with Crippen LogP contribution < -0.4 is 10.6 Å². The summed E-state index contributed by atoms with van der Waals surface area (Å²) in [6.07, 6.45) is 0.427. The lowest BCUT2D eigenvalue weighted by Gasteiger charge is -2.23. The lowest BCUT2D eigenvalue weighted by atomic mass is 9.90. The number of hydrogen-bond acceptors (Lipinski definition) is 3. The second-order valence-electron chi connectivity index (χ2n) is 8.10. The molecule has 1 atom stereocenters. The van der Waals surface area contributed by atoms with Crippen LogP contribution in [0.5, 0.6) is 0 Å². The molecule has 0 radical (unpaired) electrons. The minimum absolute atomic E-state index is 0.177. The van der Waals surface area contributed by atoms with E-state index in [2.05, 4.69) is 10.6 Å². The molecule has 0 unspecified atom stereocenters. The maximum Gasteiger partial charge on any atom is 0.242 e. The van der Waals surface area contributed by atoms with Crippen LogP contribution in [-0.4, -0.2) is 49.9 Å². The van der Waals surface area contributed by atoms with Crippen LogP contribution in [0.15, 0.2) is 91.0 Å². The molecule has 5 heteroatoms. The number of nitrogens with zero attached hydrogens (tertiary/aromatic N) is 1. The average Bonchev–Trinajstić information content (AvgIpc) is 2.80. The van der Waals surface area contributed by atoms with Crippen LogP contribution >= 0.6 is 0 Å². The van der Waals surface area contributed by atoms with Crippen LogP contribution in [0.1, 0.15) is 22.6 Å². The number of likely N-dealkylation sites (N-methyl/N-ethyl adjacent to an activating group) is 1. The van der Waals surface area contributed by atoms with Gasteiger partial charge in [-0.25, -0.2) is 0 Å². The quantitative estimate of drug-likeness (QED) is 0.520. The van der Waals surface area contributed by atoms with Gasteiger partial charge in [-0.2, -0.15) is 0 Å². The van der Waals surface area contributed by atoms with Crippen molar-refractivity contribution in [1.82, 2.24) is 15.5 Å². The van der Waals surface area contributed by atoms with Crippen molar-refractivity contribution in [2.75, 3.05) is 27.2 Å². The first kappa shape index (κ1) is 23.2. The molecular formula is C27H31N3O2. The van der Waals surface area contributed by atoms with Gasteiger partial charge in [0.1, 0.15) is 6.04 Å². The summed E-state index contributed by atoms with van der Waals surface area (Å²) in [4.78, 5) is 28.6. The third-order valence-electron chi connectivity index (χ3n) is 5.30. The maximum absolute atomic E-state index is 13.5. The van der Waals surface area contributed by atoms with E-state index in [9.17, 15) is 9.59 Å². The van der Waals surface area contributed by atoms with Crippen molar-refractivity contribution in [3.05, 3.63) is 108 Å². The molecule has 166 valence electrons. The Balaban J connectivity index is 1.83. The molecule has 0 aliphatic carbocycles. The molecule has 0 bridgehead atoms. The lowest BCUT2D eigenvalue weighted by Crippen LogP contribution is -2.50. The Morgan fingerprint density at radius 3 is 1.75 bits per heavy atom. The van der Waals surface area contributed by atoms with Crippen LogP contribution in [0.3, 0.4) is 0 Å². The molecule has 0 saturated carbocycles. The third kappa shape index (κ3) is 6.79. The molecule has 0 heterocycles. The summed E-state index contributed by atoms with van der Waals surface area (Å²) < 4.78 is 0. The number of nitrogens with one attached hydrogen (secondary N) is 2. The van der Waals surface area contributed by atoms with Gasteiger partial charge in [-0.1, -0.05) is 91.0 Å². The Labute approximate surface area is 190 Å². The average molecular weight is 430 g/mol. The summed E-state index contributed by atoms with van der Waals surface area (Å²) in [7, 11) is 3.92. The zero-order chi connectivity index (χ0) is 22.8. The molecule has 0 saturated heterocycles. The smallest absolute Gasteiger partial charge is 0.242 e. The van der Waals surface area contributed by atoms with E-state index in [1.54, 1.807) is 0 Å². The number of amides is 2. The Morgan fingerprint density at radius 1 is 0.750 bits per heavy atom. The number of hydrogen-bond donors (Lipinski definition) is 2. The van der Waals surface area contributed by atoms with E-state index in [1.165, 1.54) is 0 Å². The first-order valence-electron chi connectivity index (χ1n) is 10.9. The molecule has 0 aliphatic rings. The van der Waals surface area contributed by atoms with E-state index < -0.39 is 12.0 Å². The van der Waals surface area contributed by atoms with E-state index in [0.29, 0.717) is 13.0 Å². The van der Waals surface area contributed by atoms with E-state index in [4.69, 9.17) is 0 Å². The highest BCUT2D eigenvalue weighted by molar-refractivity contribution is 5.92. The highest BCUT2D eigenvalue weighted by Gasteiger charge is 2.28. The molecule has 0 aliphatic heterocycles. The van der Waals surface area contributed by atoms with Gasteiger partial charge >= 0.3 is 0 Å². The molecule has 0 fully saturated rings. The number of rotatable bonds is 10. The molecule has 5 nitrogen and oxygen atoms in total. The first-order chi connectivity index (χ1) is 15.5. The van der Waals surface area contributed by atoms with Crippen LogP contribution in [-0.2, 0) is 16.0 Å². The van der Waals surface area contributed by atoms with Gasteiger partial charge < -0.3 is 15.5 Å². The molecule has 3 aromatic rings. The topological polar surface area (TPSA) is 61.4 Å². The summed E-state index contributed by atoms with van der Waals surface area (Å²) in [6, 6.07) is 28.4. The summed E-state index contributed by atoms with van der Waals surface area (Å²) in [6.45, 7) is 1.25. The third-order valence-corrected chi connectivity index (χ3v) is 5.30. The molecule has 3 aromatic carbocycles. The van der Waals surface area contributed by atoms with Crippen LogP contribution in [0, 0.1) is 0 Å². The largest absolute Gasteiger partial charge is 0.353 e. The van der Waals surface area contributed by atoms with Gasteiger partial charge in [0, 0.05) is 19.5 Å². The van der Waals surface area contributed by atoms with Gasteiger partial charge in [-0.15, -0.1) is 0 Å². The van der Waals surface area contributed by atoms with Crippen LogP contribution in [0.2, 0.25) is 0 Å². The summed E-state index contributed by atoms with van der Waals surface area (Å²) in [5.74, 6) is -0.861. The SMILES string of the molecule is CN(C)CCNC(=O)[C@H](Cc1ccccc1)NC(=O)C(c1ccccc1)c1ccccc1. The van der Waals surface area contributed by atoms with Crippen molar-refractivity contribution >= 4 is 11.8 Å². The fourth-order valence-corrected chi connectivity index (χ4v) is 3.63. The second-order valence-corrected chi connectivity index (χ2v) is 8.10. The Kier molecular flexibility index (Phi) is 8.58. The van der Waals surface area contributed by atoms with Gasteiger partial charge in [0.25, 0.3) is 0 Å². The Bertz CT molecular complexity index is 936.